The molecule has 0 bridgehead atoms. The molecule has 2 rings (SSSR count). The second-order valence-corrected chi connectivity index (χ2v) is 5.78. The van der Waals surface area contributed by atoms with Crippen LogP contribution in [0.2, 0.25) is 0 Å². The zero-order valence-electron chi connectivity index (χ0n) is 12.5. The molecule has 0 radical (unpaired) electrons. The summed E-state index contributed by atoms with van der Waals surface area (Å²) in [6, 6.07) is 4.12. The van der Waals surface area contributed by atoms with Crippen molar-refractivity contribution >= 4 is 0 Å². The second kappa shape index (κ2) is 5.41. The number of rotatable bonds is 4. The standard InChI is InChI=1S/C16H25NO2/c1-11(2)12-7-8-13(18-3)15(19-4)14(12)16(17)9-5-6-10-16/h7-8,11H,5-6,9-10,17H2,1-4H3. The molecule has 0 amide bonds. The quantitative estimate of drug-likeness (QED) is 0.903. The summed E-state index contributed by atoms with van der Waals surface area (Å²) in [5.74, 6) is 2.02. The highest BCUT2D eigenvalue weighted by Crippen LogP contribution is 2.47. The molecule has 1 aromatic rings. The Hall–Kier alpha value is -1.22. The van der Waals surface area contributed by atoms with Crippen LogP contribution in [0.5, 0.6) is 11.5 Å². The van der Waals surface area contributed by atoms with Crippen LogP contribution in [0.3, 0.4) is 0 Å². The molecule has 1 saturated carbocycles. The first-order valence-corrected chi connectivity index (χ1v) is 7.07. The highest BCUT2D eigenvalue weighted by Gasteiger charge is 2.37. The average Bonchev–Trinajstić information content (AvgIpc) is 2.84. The van der Waals surface area contributed by atoms with Gasteiger partial charge in [0.15, 0.2) is 11.5 Å². The minimum Gasteiger partial charge on any atom is -0.493 e. The summed E-state index contributed by atoms with van der Waals surface area (Å²) in [4.78, 5) is 0. The van der Waals surface area contributed by atoms with Crippen molar-refractivity contribution in [3.63, 3.8) is 0 Å². The first-order valence-electron chi connectivity index (χ1n) is 7.07. The van der Waals surface area contributed by atoms with Crippen LogP contribution in [0, 0.1) is 0 Å². The number of ether oxygens (including phenoxy) is 2. The highest BCUT2D eigenvalue weighted by molar-refractivity contribution is 5.55. The van der Waals surface area contributed by atoms with Crippen molar-refractivity contribution in [3.05, 3.63) is 23.3 Å². The maximum absolute atomic E-state index is 6.68. The van der Waals surface area contributed by atoms with Crippen molar-refractivity contribution in [2.45, 2.75) is 51.0 Å². The molecule has 1 aliphatic rings. The summed E-state index contributed by atoms with van der Waals surface area (Å²) in [6.45, 7) is 4.39. The van der Waals surface area contributed by atoms with Crippen LogP contribution in [0.25, 0.3) is 0 Å². The lowest BCUT2D eigenvalue weighted by Crippen LogP contribution is -2.35. The maximum Gasteiger partial charge on any atom is 0.166 e. The van der Waals surface area contributed by atoms with Gasteiger partial charge in [0.25, 0.3) is 0 Å². The van der Waals surface area contributed by atoms with Gasteiger partial charge in [-0.05, 0) is 30.4 Å². The van der Waals surface area contributed by atoms with E-state index in [1.807, 2.05) is 6.07 Å². The van der Waals surface area contributed by atoms with Gasteiger partial charge in [-0.2, -0.15) is 0 Å². The third-order valence-electron chi connectivity index (χ3n) is 4.19. The molecule has 1 fully saturated rings. The highest BCUT2D eigenvalue weighted by atomic mass is 16.5. The summed E-state index contributed by atoms with van der Waals surface area (Å²) >= 11 is 0. The van der Waals surface area contributed by atoms with Gasteiger partial charge in [0, 0.05) is 11.1 Å². The second-order valence-electron chi connectivity index (χ2n) is 5.78. The Morgan fingerprint density at radius 2 is 1.74 bits per heavy atom. The molecule has 3 nitrogen and oxygen atoms in total. The van der Waals surface area contributed by atoms with Crippen LogP contribution in [-0.2, 0) is 5.54 Å². The number of hydrogen-bond acceptors (Lipinski definition) is 3. The van der Waals surface area contributed by atoms with Crippen molar-refractivity contribution in [3.8, 4) is 11.5 Å². The van der Waals surface area contributed by atoms with Crippen molar-refractivity contribution in [1.82, 2.24) is 0 Å². The normalized spacial score (nSPS) is 17.8. The summed E-state index contributed by atoms with van der Waals surface area (Å²) in [6.07, 6.45) is 4.43. The van der Waals surface area contributed by atoms with E-state index in [9.17, 15) is 0 Å². The molecule has 0 spiro atoms. The third-order valence-corrected chi connectivity index (χ3v) is 4.19. The summed E-state index contributed by atoms with van der Waals surface area (Å²) < 4.78 is 11.1. The summed E-state index contributed by atoms with van der Waals surface area (Å²) in [5.41, 5.74) is 8.85. The van der Waals surface area contributed by atoms with Gasteiger partial charge in [-0.1, -0.05) is 32.8 Å². The van der Waals surface area contributed by atoms with E-state index in [1.165, 1.54) is 18.4 Å². The minimum absolute atomic E-state index is 0.264. The van der Waals surface area contributed by atoms with Crippen LogP contribution in [0.4, 0.5) is 0 Å². The Balaban J connectivity index is 2.65. The lowest BCUT2D eigenvalue weighted by atomic mass is 9.81. The lowest BCUT2D eigenvalue weighted by molar-refractivity contribution is 0.335. The fourth-order valence-corrected chi connectivity index (χ4v) is 3.19. The number of benzene rings is 1. The van der Waals surface area contributed by atoms with Gasteiger partial charge >= 0.3 is 0 Å². The Morgan fingerprint density at radius 1 is 1.11 bits per heavy atom. The molecular formula is C16H25NO2. The lowest BCUT2D eigenvalue weighted by Gasteiger charge is -2.31. The Morgan fingerprint density at radius 3 is 2.21 bits per heavy atom. The molecule has 0 saturated heterocycles. The monoisotopic (exact) mass is 263 g/mol. The Kier molecular flexibility index (Phi) is 4.04. The van der Waals surface area contributed by atoms with Gasteiger partial charge in [-0.3, -0.25) is 0 Å². The van der Waals surface area contributed by atoms with E-state index in [0.29, 0.717) is 5.92 Å². The Bertz CT molecular complexity index is 448. The molecule has 0 aliphatic heterocycles. The molecule has 0 heterocycles. The Labute approximate surface area is 116 Å². The average molecular weight is 263 g/mol. The molecule has 2 N–H and O–H groups in total. The van der Waals surface area contributed by atoms with E-state index in [2.05, 4.69) is 19.9 Å². The fraction of sp³-hybridized carbons (Fsp3) is 0.625. The van der Waals surface area contributed by atoms with E-state index >= 15 is 0 Å². The van der Waals surface area contributed by atoms with Crippen LogP contribution in [0.15, 0.2) is 12.1 Å². The molecule has 106 valence electrons. The molecule has 0 unspecified atom stereocenters. The molecule has 0 aromatic heterocycles. The van der Waals surface area contributed by atoms with E-state index in [4.69, 9.17) is 15.2 Å². The molecular weight excluding hydrogens is 238 g/mol. The molecule has 0 atom stereocenters. The molecule has 3 heteroatoms. The fourth-order valence-electron chi connectivity index (χ4n) is 3.19. The smallest absolute Gasteiger partial charge is 0.166 e. The number of hydrogen-bond donors (Lipinski definition) is 1. The van der Waals surface area contributed by atoms with Crippen molar-refractivity contribution in [2.75, 3.05) is 14.2 Å². The van der Waals surface area contributed by atoms with Crippen LogP contribution >= 0.6 is 0 Å². The number of methoxy groups -OCH3 is 2. The molecule has 1 aromatic carbocycles. The van der Waals surface area contributed by atoms with Gasteiger partial charge in [0.2, 0.25) is 0 Å². The van der Waals surface area contributed by atoms with Crippen molar-refractivity contribution in [1.29, 1.82) is 0 Å². The first-order chi connectivity index (χ1) is 9.03. The zero-order valence-corrected chi connectivity index (χ0v) is 12.5. The first kappa shape index (κ1) is 14.2. The van der Waals surface area contributed by atoms with Gasteiger partial charge in [-0.15, -0.1) is 0 Å². The largest absolute Gasteiger partial charge is 0.493 e. The maximum atomic E-state index is 6.68. The summed E-state index contributed by atoms with van der Waals surface area (Å²) in [7, 11) is 3.37. The minimum atomic E-state index is -0.264. The predicted octanol–water partition coefficient (Wildman–Crippen LogP) is 3.56. The SMILES string of the molecule is COc1ccc(C(C)C)c(C2(N)CCCC2)c1OC. The van der Waals surface area contributed by atoms with Crippen LogP contribution < -0.4 is 15.2 Å². The van der Waals surface area contributed by atoms with E-state index in [-0.39, 0.29) is 5.54 Å². The van der Waals surface area contributed by atoms with Crippen molar-refractivity contribution in [2.24, 2.45) is 5.73 Å². The molecule has 19 heavy (non-hydrogen) atoms. The van der Waals surface area contributed by atoms with Gasteiger partial charge in [0.05, 0.1) is 14.2 Å². The van der Waals surface area contributed by atoms with Crippen LogP contribution in [-0.4, -0.2) is 14.2 Å². The van der Waals surface area contributed by atoms with Gasteiger partial charge in [-0.25, -0.2) is 0 Å². The van der Waals surface area contributed by atoms with Gasteiger partial charge in [0.1, 0.15) is 0 Å². The van der Waals surface area contributed by atoms with Crippen molar-refractivity contribution < 1.29 is 9.47 Å². The van der Waals surface area contributed by atoms with E-state index < -0.39 is 0 Å². The summed E-state index contributed by atoms with van der Waals surface area (Å²) in [5, 5.41) is 0. The van der Waals surface area contributed by atoms with Crippen LogP contribution in [0.1, 0.15) is 56.6 Å². The topological polar surface area (TPSA) is 44.5 Å². The zero-order chi connectivity index (χ0) is 14.0. The third kappa shape index (κ3) is 2.44. The number of nitrogens with two attached hydrogens (primary N) is 1. The van der Waals surface area contributed by atoms with E-state index in [0.717, 1.165) is 29.9 Å². The van der Waals surface area contributed by atoms with Gasteiger partial charge < -0.3 is 15.2 Å². The predicted molar refractivity (Wildman–Crippen MR) is 78.0 cm³/mol. The molecule has 1 aliphatic carbocycles. The van der Waals surface area contributed by atoms with E-state index in [1.54, 1.807) is 14.2 Å².